The Hall–Kier alpha value is -1.35. The minimum atomic E-state index is -0.0803. The molecule has 0 bridgehead atoms. The maximum absolute atomic E-state index is 7.66. The van der Waals surface area contributed by atoms with Crippen LogP contribution in [0, 0.1) is 17.7 Å². The molecule has 3 N–H and O–H groups in total. The standard InChI is InChI=1S/C15H23N3/c1-12-4-3-5-13(10-12)11-18-8-6-15(2,7-9-18)14(16)17/h3-5,10H,6-9,11H2,1-2H3,(H3,16,17). The van der Waals surface area contributed by atoms with E-state index < -0.39 is 0 Å². The molecule has 0 unspecified atom stereocenters. The first kappa shape index (κ1) is 13.1. The molecule has 0 spiro atoms. The van der Waals surface area contributed by atoms with E-state index >= 15 is 0 Å². The molecular formula is C15H23N3. The van der Waals surface area contributed by atoms with E-state index in [-0.39, 0.29) is 5.41 Å². The Morgan fingerprint density at radius 1 is 1.39 bits per heavy atom. The van der Waals surface area contributed by atoms with E-state index in [1.54, 1.807) is 0 Å². The summed E-state index contributed by atoms with van der Waals surface area (Å²) in [5, 5.41) is 7.66. The average molecular weight is 245 g/mol. The van der Waals surface area contributed by atoms with Gasteiger partial charge in [0.15, 0.2) is 0 Å². The van der Waals surface area contributed by atoms with E-state index in [0.717, 1.165) is 32.5 Å². The first-order chi connectivity index (χ1) is 8.49. The van der Waals surface area contributed by atoms with Crippen molar-refractivity contribution < 1.29 is 0 Å². The molecule has 0 amide bonds. The fourth-order valence-electron chi connectivity index (χ4n) is 2.54. The predicted molar refractivity (Wildman–Crippen MR) is 75.7 cm³/mol. The van der Waals surface area contributed by atoms with Gasteiger partial charge >= 0.3 is 0 Å². The zero-order valence-electron chi connectivity index (χ0n) is 11.4. The van der Waals surface area contributed by atoms with Gasteiger partial charge in [0.2, 0.25) is 0 Å². The summed E-state index contributed by atoms with van der Waals surface area (Å²) in [7, 11) is 0. The second-order valence-electron chi connectivity index (χ2n) is 5.74. The summed E-state index contributed by atoms with van der Waals surface area (Å²) >= 11 is 0. The van der Waals surface area contributed by atoms with E-state index in [1.807, 2.05) is 0 Å². The van der Waals surface area contributed by atoms with Crippen LogP contribution in [0.15, 0.2) is 24.3 Å². The second-order valence-corrected chi connectivity index (χ2v) is 5.74. The number of amidine groups is 1. The maximum Gasteiger partial charge on any atom is 0.0966 e. The van der Waals surface area contributed by atoms with Crippen LogP contribution in [0.3, 0.4) is 0 Å². The highest BCUT2D eigenvalue weighted by Gasteiger charge is 2.32. The van der Waals surface area contributed by atoms with Crippen LogP contribution in [0.4, 0.5) is 0 Å². The van der Waals surface area contributed by atoms with Crippen molar-refractivity contribution in [2.75, 3.05) is 13.1 Å². The Labute approximate surface area is 109 Å². The number of hydrogen-bond acceptors (Lipinski definition) is 2. The molecule has 0 radical (unpaired) electrons. The van der Waals surface area contributed by atoms with Crippen molar-refractivity contribution in [3.63, 3.8) is 0 Å². The molecule has 3 heteroatoms. The maximum atomic E-state index is 7.66. The molecule has 1 aliphatic rings. The minimum Gasteiger partial charge on any atom is -0.387 e. The predicted octanol–water partition coefficient (Wildman–Crippen LogP) is 2.53. The number of nitrogens with zero attached hydrogens (tertiary/aromatic N) is 1. The number of benzene rings is 1. The Morgan fingerprint density at radius 3 is 2.61 bits per heavy atom. The molecule has 1 aromatic carbocycles. The smallest absolute Gasteiger partial charge is 0.0966 e. The zero-order valence-corrected chi connectivity index (χ0v) is 11.4. The van der Waals surface area contributed by atoms with Crippen molar-refractivity contribution in [1.82, 2.24) is 4.90 Å². The normalized spacial score (nSPS) is 19.7. The Morgan fingerprint density at radius 2 is 2.06 bits per heavy atom. The molecule has 0 aliphatic carbocycles. The van der Waals surface area contributed by atoms with Crippen molar-refractivity contribution in [3.05, 3.63) is 35.4 Å². The van der Waals surface area contributed by atoms with Gasteiger partial charge < -0.3 is 5.73 Å². The van der Waals surface area contributed by atoms with Gasteiger partial charge in [-0.2, -0.15) is 0 Å². The number of likely N-dealkylation sites (tertiary alicyclic amines) is 1. The van der Waals surface area contributed by atoms with Gasteiger partial charge in [-0.25, -0.2) is 0 Å². The summed E-state index contributed by atoms with van der Waals surface area (Å²) < 4.78 is 0. The van der Waals surface area contributed by atoms with Crippen LogP contribution in [0.1, 0.15) is 30.9 Å². The van der Waals surface area contributed by atoms with Gasteiger partial charge in [0.1, 0.15) is 0 Å². The fourth-order valence-corrected chi connectivity index (χ4v) is 2.54. The summed E-state index contributed by atoms with van der Waals surface area (Å²) in [6.07, 6.45) is 1.99. The third kappa shape index (κ3) is 2.91. The largest absolute Gasteiger partial charge is 0.387 e. The molecular weight excluding hydrogens is 222 g/mol. The van der Waals surface area contributed by atoms with Crippen molar-refractivity contribution in [2.24, 2.45) is 11.1 Å². The van der Waals surface area contributed by atoms with Crippen LogP contribution in [0.25, 0.3) is 0 Å². The van der Waals surface area contributed by atoms with E-state index in [2.05, 4.69) is 43.0 Å². The van der Waals surface area contributed by atoms with E-state index in [4.69, 9.17) is 11.1 Å². The molecule has 0 atom stereocenters. The number of rotatable bonds is 3. The van der Waals surface area contributed by atoms with Crippen LogP contribution in [-0.4, -0.2) is 23.8 Å². The number of nitrogens with one attached hydrogen (secondary N) is 1. The van der Waals surface area contributed by atoms with E-state index in [1.165, 1.54) is 11.1 Å². The van der Waals surface area contributed by atoms with Crippen LogP contribution in [-0.2, 0) is 6.54 Å². The van der Waals surface area contributed by atoms with Gasteiger partial charge in [-0.05, 0) is 38.4 Å². The molecule has 1 aliphatic heterocycles. The molecule has 0 aromatic heterocycles. The Bertz CT molecular complexity index is 431. The van der Waals surface area contributed by atoms with Crippen molar-refractivity contribution >= 4 is 5.84 Å². The third-order valence-electron chi connectivity index (χ3n) is 4.10. The molecule has 2 rings (SSSR count). The van der Waals surface area contributed by atoms with Gasteiger partial charge in [0.25, 0.3) is 0 Å². The summed E-state index contributed by atoms with van der Waals surface area (Å²) in [5.41, 5.74) is 8.30. The number of aryl methyl sites for hydroxylation is 1. The van der Waals surface area contributed by atoms with Crippen molar-refractivity contribution in [1.29, 1.82) is 5.41 Å². The van der Waals surface area contributed by atoms with Crippen LogP contribution in [0.2, 0.25) is 0 Å². The van der Waals surface area contributed by atoms with E-state index in [9.17, 15) is 0 Å². The SMILES string of the molecule is Cc1cccc(CN2CCC(C)(C(=N)N)CC2)c1. The molecule has 0 saturated carbocycles. The van der Waals surface area contributed by atoms with Crippen molar-refractivity contribution in [2.45, 2.75) is 33.2 Å². The van der Waals surface area contributed by atoms with Gasteiger partial charge in [-0.15, -0.1) is 0 Å². The third-order valence-corrected chi connectivity index (χ3v) is 4.10. The molecule has 18 heavy (non-hydrogen) atoms. The Kier molecular flexibility index (Phi) is 3.71. The monoisotopic (exact) mass is 245 g/mol. The molecule has 1 fully saturated rings. The Balaban J connectivity index is 1.93. The van der Waals surface area contributed by atoms with E-state index in [0.29, 0.717) is 5.84 Å². The van der Waals surface area contributed by atoms with Gasteiger partial charge in [0.05, 0.1) is 5.84 Å². The average Bonchev–Trinajstić information content (AvgIpc) is 2.32. The first-order valence-corrected chi connectivity index (χ1v) is 6.62. The van der Waals surface area contributed by atoms with Gasteiger partial charge in [-0.3, -0.25) is 10.3 Å². The summed E-state index contributed by atoms with van der Waals surface area (Å²) in [4.78, 5) is 2.46. The minimum absolute atomic E-state index is 0.0803. The molecule has 1 heterocycles. The molecule has 1 saturated heterocycles. The highest BCUT2D eigenvalue weighted by Crippen LogP contribution is 2.31. The quantitative estimate of drug-likeness (QED) is 0.635. The number of nitrogens with two attached hydrogens (primary N) is 1. The van der Waals surface area contributed by atoms with Crippen molar-refractivity contribution in [3.8, 4) is 0 Å². The molecule has 3 nitrogen and oxygen atoms in total. The number of hydrogen-bond donors (Lipinski definition) is 2. The van der Waals surface area contributed by atoms with Crippen LogP contribution >= 0.6 is 0 Å². The number of piperidine rings is 1. The fraction of sp³-hybridized carbons (Fsp3) is 0.533. The molecule has 98 valence electrons. The van der Waals surface area contributed by atoms with Crippen LogP contribution < -0.4 is 5.73 Å². The highest BCUT2D eigenvalue weighted by atomic mass is 15.1. The zero-order chi connectivity index (χ0) is 13.2. The lowest BCUT2D eigenvalue weighted by molar-refractivity contribution is 0.156. The topological polar surface area (TPSA) is 53.1 Å². The van der Waals surface area contributed by atoms with Gasteiger partial charge in [-0.1, -0.05) is 36.8 Å². The van der Waals surface area contributed by atoms with Gasteiger partial charge in [0, 0.05) is 12.0 Å². The summed E-state index contributed by atoms with van der Waals surface area (Å²) in [5.74, 6) is 0.345. The lowest BCUT2D eigenvalue weighted by Gasteiger charge is -2.38. The first-order valence-electron chi connectivity index (χ1n) is 6.62. The second kappa shape index (κ2) is 5.11. The van der Waals surface area contributed by atoms with Crippen LogP contribution in [0.5, 0.6) is 0 Å². The molecule has 1 aromatic rings. The lowest BCUT2D eigenvalue weighted by atomic mass is 9.79. The highest BCUT2D eigenvalue weighted by molar-refractivity contribution is 5.83. The summed E-state index contributed by atoms with van der Waals surface area (Å²) in [6.45, 7) is 7.32. The lowest BCUT2D eigenvalue weighted by Crippen LogP contribution is -2.44. The summed E-state index contributed by atoms with van der Waals surface area (Å²) in [6, 6.07) is 8.69.